The van der Waals surface area contributed by atoms with Gasteiger partial charge in [-0.25, -0.2) is 4.68 Å². The van der Waals surface area contributed by atoms with Gasteiger partial charge >= 0.3 is 6.61 Å². The Balaban J connectivity index is 1.68. The third-order valence-corrected chi connectivity index (χ3v) is 3.54. The van der Waals surface area contributed by atoms with Gasteiger partial charge in [-0.2, -0.15) is 13.9 Å². The average molecular weight is 343 g/mol. The first kappa shape index (κ1) is 16.6. The van der Waals surface area contributed by atoms with Gasteiger partial charge in [0.15, 0.2) is 0 Å². The second-order valence-corrected chi connectivity index (χ2v) is 5.29. The minimum atomic E-state index is -2.88. The Bertz CT molecular complexity index is 859. The van der Waals surface area contributed by atoms with Gasteiger partial charge in [-0.05, 0) is 61.5 Å². The van der Waals surface area contributed by atoms with Crippen LogP contribution in [0.2, 0.25) is 0 Å². The summed E-state index contributed by atoms with van der Waals surface area (Å²) in [6.45, 7) is -0.938. The number of carbonyl (C=O) groups excluding carboxylic acids is 1. The van der Waals surface area contributed by atoms with E-state index in [1.165, 1.54) is 24.3 Å². The molecular formula is C18H15F2N3O2. The molecule has 3 aromatic rings. The Kier molecular flexibility index (Phi) is 4.74. The van der Waals surface area contributed by atoms with Crippen LogP contribution in [0.3, 0.4) is 0 Å². The highest BCUT2D eigenvalue weighted by atomic mass is 19.3. The van der Waals surface area contributed by atoms with Crippen molar-refractivity contribution < 1.29 is 18.3 Å². The minimum Gasteiger partial charge on any atom is -0.435 e. The smallest absolute Gasteiger partial charge is 0.387 e. The van der Waals surface area contributed by atoms with E-state index in [1.807, 2.05) is 13.0 Å². The van der Waals surface area contributed by atoms with Crippen molar-refractivity contribution in [3.63, 3.8) is 0 Å². The topological polar surface area (TPSA) is 56.2 Å². The summed E-state index contributed by atoms with van der Waals surface area (Å²) in [5.74, 6) is -0.266. The molecule has 0 fully saturated rings. The van der Waals surface area contributed by atoms with Gasteiger partial charge in [0.05, 0.1) is 5.69 Å². The number of anilines is 1. The van der Waals surface area contributed by atoms with Gasteiger partial charge in [-0.1, -0.05) is 0 Å². The number of hydrogen-bond acceptors (Lipinski definition) is 3. The first-order valence-electron chi connectivity index (χ1n) is 7.50. The number of ether oxygens (including phenoxy) is 1. The van der Waals surface area contributed by atoms with Gasteiger partial charge in [0.2, 0.25) is 0 Å². The molecular weight excluding hydrogens is 328 g/mol. The van der Waals surface area contributed by atoms with Crippen molar-refractivity contribution in [1.29, 1.82) is 0 Å². The Morgan fingerprint density at radius 1 is 1.08 bits per heavy atom. The number of amides is 1. The standard InChI is InChI=1S/C18H15F2N3O2/c1-12-10-11-21-23(12)15-6-2-13(3-7-15)17(24)22-14-4-8-16(9-5-14)25-18(19)20/h2-11,18H,1H3,(H,22,24). The van der Waals surface area contributed by atoms with E-state index in [0.29, 0.717) is 11.3 Å². The maximum absolute atomic E-state index is 12.3. The van der Waals surface area contributed by atoms with Crippen LogP contribution >= 0.6 is 0 Å². The lowest BCUT2D eigenvalue weighted by atomic mass is 10.2. The normalized spacial score (nSPS) is 10.7. The molecule has 1 heterocycles. The summed E-state index contributed by atoms with van der Waals surface area (Å²) < 4.78 is 30.3. The molecule has 5 nitrogen and oxygen atoms in total. The zero-order chi connectivity index (χ0) is 17.8. The van der Waals surface area contributed by atoms with Crippen molar-refractivity contribution >= 4 is 11.6 Å². The highest BCUT2D eigenvalue weighted by Crippen LogP contribution is 2.19. The zero-order valence-electron chi connectivity index (χ0n) is 13.3. The van der Waals surface area contributed by atoms with E-state index in [9.17, 15) is 13.6 Å². The Hall–Kier alpha value is -3.22. The number of nitrogens with zero attached hydrogens (tertiary/aromatic N) is 2. The van der Waals surface area contributed by atoms with Crippen LogP contribution in [0, 0.1) is 6.92 Å². The molecule has 0 radical (unpaired) electrons. The van der Waals surface area contributed by atoms with Crippen molar-refractivity contribution in [2.45, 2.75) is 13.5 Å². The van der Waals surface area contributed by atoms with Gasteiger partial charge in [-0.3, -0.25) is 4.79 Å². The number of rotatable bonds is 5. The van der Waals surface area contributed by atoms with Crippen LogP contribution in [0.15, 0.2) is 60.8 Å². The fourth-order valence-electron chi connectivity index (χ4n) is 2.32. The predicted octanol–water partition coefficient (Wildman–Crippen LogP) is 4.03. The van der Waals surface area contributed by atoms with E-state index in [1.54, 1.807) is 35.1 Å². The molecule has 0 spiro atoms. The lowest BCUT2D eigenvalue weighted by Gasteiger charge is -2.09. The highest BCUT2D eigenvalue weighted by Gasteiger charge is 2.08. The van der Waals surface area contributed by atoms with Crippen LogP contribution in [-0.2, 0) is 0 Å². The monoisotopic (exact) mass is 343 g/mol. The molecule has 0 saturated heterocycles. The number of nitrogens with one attached hydrogen (secondary N) is 1. The van der Waals surface area contributed by atoms with Crippen LogP contribution in [0.4, 0.5) is 14.5 Å². The third kappa shape index (κ3) is 4.00. The molecule has 0 unspecified atom stereocenters. The lowest BCUT2D eigenvalue weighted by Crippen LogP contribution is -2.12. The van der Waals surface area contributed by atoms with Gasteiger partial charge in [0, 0.05) is 23.1 Å². The maximum atomic E-state index is 12.3. The molecule has 128 valence electrons. The van der Waals surface area contributed by atoms with Crippen molar-refractivity contribution in [2.24, 2.45) is 0 Å². The van der Waals surface area contributed by atoms with E-state index in [0.717, 1.165) is 11.4 Å². The number of benzene rings is 2. The van der Waals surface area contributed by atoms with Crippen molar-refractivity contribution in [3.8, 4) is 11.4 Å². The summed E-state index contributed by atoms with van der Waals surface area (Å²) in [5.41, 5.74) is 2.80. The summed E-state index contributed by atoms with van der Waals surface area (Å²) in [6, 6.07) is 14.6. The number of aromatic nitrogens is 2. The summed E-state index contributed by atoms with van der Waals surface area (Å²) in [6.07, 6.45) is 1.71. The first-order chi connectivity index (χ1) is 12.0. The second kappa shape index (κ2) is 7.12. The van der Waals surface area contributed by atoms with Crippen LogP contribution in [0.1, 0.15) is 16.1 Å². The van der Waals surface area contributed by atoms with Gasteiger partial charge in [0.25, 0.3) is 5.91 Å². The van der Waals surface area contributed by atoms with Crippen LogP contribution in [0.25, 0.3) is 5.69 Å². The molecule has 0 bridgehead atoms. The SMILES string of the molecule is Cc1ccnn1-c1ccc(C(=O)Nc2ccc(OC(F)F)cc2)cc1. The van der Waals surface area contributed by atoms with Crippen LogP contribution in [0.5, 0.6) is 5.75 Å². The summed E-state index contributed by atoms with van der Waals surface area (Å²) >= 11 is 0. The van der Waals surface area contributed by atoms with Gasteiger partial charge in [-0.15, -0.1) is 0 Å². The molecule has 25 heavy (non-hydrogen) atoms. The fraction of sp³-hybridized carbons (Fsp3) is 0.111. The van der Waals surface area contributed by atoms with Crippen molar-refractivity contribution in [2.75, 3.05) is 5.32 Å². The van der Waals surface area contributed by atoms with Gasteiger partial charge in [0.1, 0.15) is 5.75 Å². The molecule has 0 aliphatic rings. The Morgan fingerprint density at radius 2 is 1.76 bits per heavy atom. The molecule has 1 amide bonds. The maximum Gasteiger partial charge on any atom is 0.387 e. The lowest BCUT2D eigenvalue weighted by molar-refractivity contribution is -0.0498. The number of halogens is 2. The van der Waals surface area contributed by atoms with Crippen molar-refractivity contribution in [3.05, 3.63) is 72.1 Å². The quantitative estimate of drug-likeness (QED) is 0.761. The van der Waals surface area contributed by atoms with E-state index in [2.05, 4.69) is 15.2 Å². The van der Waals surface area contributed by atoms with E-state index >= 15 is 0 Å². The zero-order valence-corrected chi connectivity index (χ0v) is 13.3. The van der Waals surface area contributed by atoms with E-state index in [4.69, 9.17) is 0 Å². The number of carbonyl (C=O) groups is 1. The molecule has 1 aromatic heterocycles. The molecule has 3 rings (SSSR count). The number of alkyl halides is 2. The number of aryl methyl sites for hydroxylation is 1. The van der Waals surface area contributed by atoms with Crippen LogP contribution < -0.4 is 10.1 Å². The average Bonchev–Trinajstić information content (AvgIpc) is 3.02. The number of hydrogen-bond donors (Lipinski definition) is 1. The Morgan fingerprint density at radius 3 is 2.32 bits per heavy atom. The third-order valence-electron chi connectivity index (χ3n) is 3.54. The molecule has 0 aliphatic carbocycles. The predicted molar refractivity (Wildman–Crippen MR) is 89.3 cm³/mol. The molecule has 1 N–H and O–H groups in total. The second-order valence-electron chi connectivity index (χ2n) is 5.29. The van der Waals surface area contributed by atoms with E-state index in [-0.39, 0.29) is 11.7 Å². The molecule has 7 heteroatoms. The first-order valence-corrected chi connectivity index (χ1v) is 7.50. The van der Waals surface area contributed by atoms with Gasteiger partial charge < -0.3 is 10.1 Å². The molecule has 0 aliphatic heterocycles. The largest absolute Gasteiger partial charge is 0.435 e. The Labute approximate surface area is 142 Å². The molecule has 0 atom stereocenters. The summed E-state index contributed by atoms with van der Waals surface area (Å²) in [4.78, 5) is 12.3. The molecule has 2 aromatic carbocycles. The van der Waals surface area contributed by atoms with Crippen molar-refractivity contribution in [1.82, 2.24) is 9.78 Å². The highest BCUT2D eigenvalue weighted by molar-refractivity contribution is 6.04. The van der Waals surface area contributed by atoms with Crippen LogP contribution in [-0.4, -0.2) is 22.3 Å². The summed E-state index contributed by atoms with van der Waals surface area (Å²) in [5, 5.41) is 6.91. The summed E-state index contributed by atoms with van der Waals surface area (Å²) in [7, 11) is 0. The fourth-order valence-corrected chi connectivity index (χ4v) is 2.32. The molecule has 0 saturated carbocycles. The van der Waals surface area contributed by atoms with E-state index < -0.39 is 6.61 Å². The minimum absolute atomic E-state index is 0.0342.